The predicted molar refractivity (Wildman–Crippen MR) is 96.1 cm³/mol. The van der Waals surface area contributed by atoms with Crippen molar-refractivity contribution in [2.45, 2.75) is 13.5 Å². The third-order valence-corrected chi connectivity index (χ3v) is 3.78. The van der Waals surface area contributed by atoms with Crippen LogP contribution in [0.5, 0.6) is 0 Å². The summed E-state index contributed by atoms with van der Waals surface area (Å²) in [4.78, 5) is 11.5. The first-order valence-electron chi connectivity index (χ1n) is 7.85. The maximum absolute atomic E-state index is 4.67. The second-order valence-corrected chi connectivity index (χ2v) is 5.75. The number of rotatable bonds is 5. The van der Waals surface area contributed by atoms with Crippen LogP contribution in [0.3, 0.4) is 0 Å². The second kappa shape index (κ2) is 7.16. The molecule has 0 amide bonds. The Hall–Kier alpha value is -2.52. The summed E-state index contributed by atoms with van der Waals surface area (Å²) in [6, 6.07) is 18.5. The van der Waals surface area contributed by atoms with E-state index in [9.17, 15) is 0 Å². The molecule has 0 saturated carbocycles. The van der Waals surface area contributed by atoms with Crippen molar-refractivity contribution in [3.05, 3.63) is 77.8 Å². The van der Waals surface area contributed by atoms with Crippen molar-refractivity contribution in [3.63, 3.8) is 0 Å². The fraction of sp³-hybridized carbons (Fsp3) is 0.200. The average molecular weight is 303 g/mol. The van der Waals surface area contributed by atoms with E-state index in [2.05, 4.69) is 64.4 Å². The summed E-state index contributed by atoms with van der Waals surface area (Å²) in [6.45, 7) is 3.65. The van der Waals surface area contributed by atoms with Crippen molar-refractivity contribution in [2.24, 2.45) is 0 Å². The number of fused-ring (bicyclic) bond motifs is 1. The SMILES string of the molecule is Cc1nc(CN(C)C/C=C/c2ccccc2)nc2ccccc12. The first-order valence-corrected chi connectivity index (χ1v) is 7.85. The molecule has 3 nitrogen and oxygen atoms in total. The van der Waals surface area contributed by atoms with Crippen molar-refractivity contribution < 1.29 is 0 Å². The van der Waals surface area contributed by atoms with Gasteiger partial charge in [0.2, 0.25) is 0 Å². The molecular formula is C20H21N3. The third-order valence-electron chi connectivity index (χ3n) is 3.78. The number of hydrogen-bond acceptors (Lipinski definition) is 3. The molecule has 1 aromatic heterocycles. The Balaban J connectivity index is 1.66. The lowest BCUT2D eigenvalue weighted by Crippen LogP contribution is -2.19. The van der Waals surface area contributed by atoms with Crippen molar-refractivity contribution in [1.29, 1.82) is 0 Å². The van der Waals surface area contributed by atoms with E-state index in [-0.39, 0.29) is 0 Å². The molecular weight excluding hydrogens is 282 g/mol. The Bertz CT molecular complexity index is 809. The number of aryl methyl sites for hydroxylation is 1. The zero-order chi connectivity index (χ0) is 16.1. The van der Waals surface area contributed by atoms with Gasteiger partial charge in [0.1, 0.15) is 5.82 Å². The van der Waals surface area contributed by atoms with Crippen LogP contribution < -0.4 is 0 Å². The first kappa shape index (κ1) is 15.4. The summed E-state index contributed by atoms with van der Waals surface area (Å²) < 4.78 is 0. The van der Waals surface area contributed by atoms with Gasteiger partial charge < -0.3 is 0 Å². The summed E-state index contributed by atoms with van der Waals surface area (Å²) in [5.41, 5.74) is 3.28. The van der Waals surface area contributed by atoms with Crippen LogP contribution in [0.25, 0.3) is 17.0 Å². The molecule has 0 aliphatic heterocycles. The molecule has 2 aromatic carbocycles. The van der Waals surface area contributed by atoms with Gasteiger partial charge in [-0.2, -0.15) is 0 Å². The quantitative estimate of drug-likeness (QED) is 0.711. The van der Waals surface area contributed by atoms with Crippen molar-refractivity contribution in [2.75, 3.05) is 13.6 Å². The Kier molecular flexibility index (Phi) is 4.79. The van der Waals surface area contributed by atoms with Crippen molar-refractivity contribution in [1.82, 2.24) is 14.9 Å². The molecule has 0 fully saturated rings. The molecule has 0 N–H and O–H groups in total. The van der Waals surface area contributed by atoms with E-state index < -0.39 is 0 Å². The normalized spacial score (nSPS) is 11.6. The Labute approximate surface area is 137 Å². The van der Waals surface area contributed by atoms with E-state index in [1.54, 1.807) is 0 Å². The second-order valence-electron chi connectivity index (χ2n) is 5.75. The molecule has 0 bridgehead atoms. The van der Waals surface area contributed by atoms with Crippen LogP contribution >= 0.6 is 0 Å². The first-order chi connectivity index (χ1) is 11.2. The third kappa shape index (κ3) is 4.02. The summed E-state index contributed by atoms with van der Waals surface area (Å²) in [6.07, 6.45) is 4.31. The molecule has 3 aromatic rings. The fourth-order valence-corrected chi connectivity index (χ4v) is 2.60. The molecule has 0 aliphatic rings. The fourth-order valence-electron chi connectivity index (χ4n) is 2.60. The molecule has 0 radical (unpaired) electrons. The van der Waals surface area contributed by atoms with Crippen LogP contribution in [-0.2, 0) is 6.54 Å². The minimum atomic E-state index is 0.741. The highest BCUT2D eigenvalue weighted by molar-refractivity contribution is 5.80. The van der Waals surface area contributed by atoms with Crippen molar-refractivity contribution >= 4 is 17.0 Å². The van der Waals surface area contributed by atoms with Gasteiger partial charge in [-0.1, -0.05) is 60.7 Å². The highest BCUT2D eigenvalue weighted by Gasteiger charge is 2.06. The van der Waals surface area contributed by atoms with Crippen LogP contribution in [-0.4, -0.2) is 28.5 Å². The van der Waals surface area contributed by atoms with Gasteiger partial charge >= 0.3 is 0 Å². The summed E-state index contributed by atoms with van der Waals surface area (Å²) in [5, 5.41) is 1.13. The van der Waals surface area contributed by atoms with Crippen molar-refractivity contribution in [3.8, 4) is 0 Å². The average Bonchev–Trinajstić information content (AvgIpc) is 2.56. The van der Waals surface area contributed by atoms with E-state index in [0.29, 0.717) is 0 Å². The Morgan fingerprint density at radius 2 is 1.70 bits per heavy atom. The summed E-state index contributed by atoms with van der Waals surface area (Å²) in [5.74, 6) is 0.872. The number of benzene rings is 2. The summed E-state index contributed by atoms with van der Waals surface area (Å²) >= 11 is 0. The summed E-state index contributed by atoms with van der Waals surface area (Å²) in [7, 11) is 2.09. The standard InChI is InChI=1S/C20H21N3/c1-16-18-12-6-7-13-19(18)22-20(21-16)15-23(2)14-8-11-17-9-4-3-5-10-17/h3-13H,14-15H2,1-2H3/b11-8+. The maximum Gasteiger partial charge on any atom is 0.143 e. The largest absolute Gasteiger partial charge is 0.295 e. The van der Waals surface area contributed by atoms with Gasteiger partial charge in [-0.15, -0.1) is 0 Å². The lowest BCUT2D eigenvalue weighted by molar-refractivity contribution is 0.354. The molecule has 3 heteroatoms. The van der Waals surface area contributed by atoms with Gasteiger partial charge in [0, 0.05) is 17.6 Å². The van der Waals surface area contributed by atoms with Crippen LogP contribution in [0, 0.1) is 6.92 Å². The molecule has 0 aliphatic carbocycles. The monoisotopic (exact) mass is 303 g/mol. The number of likely N-dealkylation sites (N-methyl/N-ethyl adjacent to an activating group) is 1. The van der Waals surface area contributed by atoms with Crippen LogP contribution in [0.15, 0.2) is 60.7 Å². The van der Waals surface area contributed by atoms with E-state index in [4.69, 9.17) is 0 Å². The number of aromatic nitrogens is 2. The van der Waals surface area contributed by atoms with E-state index >= 15 is 0 Å². The van der Waals surface area contributed by atoms with Gasteiger partial charge in [0.15, 0.2) is 0 Å². The Morgan fingerprint density at radius 1 is 0.957 bits per heavy atom. The lowest BCUT2D eigenvalue weighted by Gasteiger charge is -2.14. The highest BCUT2D eigenvalue weighted by Crippen LogP contribution is 2.15. The van der Waals surface area contributed by atoms with Crippen LogP contribution in [0.4, 0.5) is 0 Å². The topological polar surface area (TPSA) is 29.0 Å². The molecule has 0 atom stereocenters. The van der Waals surface area contributed by atoms with Crippen LogP contribution in [0.1, 0.15) is 17.1 Å². The minimum Gasteiger partial charge on any atom is -0.295 e. The number of hydrogen-bond donors (Lipinski definition) is 0. The smallest absolute Gasteiger partial charge is 0.143 e. The van der Waals surface area contributed by atoms with Gasteiger partial charge in [-0.3, -0.25) is 4.90 Å². The van der Waals surface area contributed by atoms with Gasteiger partial charge in [0.05, 0.1) is 12.1 Å². The predicted octanol–water partition coefficient (Wildman–Crippen LogP) is 4.08. The van der Waals surface area contributed by atoms with E-state index in [0.717, 1.165) is 35.5 Å². The zero-order valence-electron chi connectivity index (χ0n) is 13.6. The number of nitrogens with zero attached hydrogens (tertiary/aromatic N) is 3. The minimum absolute atomic E-state index is 0.741. The molecule has 3 rings (SSSR count). The molecule has 1 heterocycles. The molecule has 0 unspecified atom stereocenters. The highest BCUT2D eigenvalue weighted by atomic mass is 15.1. The molecule has 23 heavy (non-hydrogen) atoms. The Morgan fingerprint density at radius 3 is 2.52 bits per heavy atom. The van der Waals surface area contributed by atoms with Gasteiger partial charge in [-0.05, 0) is 25.6 Å². The molecule has 0 saturated heterocycles. The molecule has 0 spiro atoms. The van der Waals surface area contributed by atoms with Gasteiger partial charge in [-0.25, -0.2) is 9.97 Å². The number of para-hydroxylation sites is 1. The lowest BCUT2D eigenvalue weighted by atomic mass is 10.2. The zero-order valence-corrected chi connectivity index (χ0v) is 13.6. The maximum atomic E-state index is 4.67. The van der Waals surface area contributed by atoms with E-state index in [1.807, 2.05) is 31.2 Å². The molecule has 116 valence electrons. The van der Waals surface area contributed by atoms with Gasteiger partial charge in [0.25, 0.3) is 0 Å². The van der Waals surface area contributed by atoms with E-state index in [1.165, 1.54) is 5.56 Å². The van der Waals surface area contributed by atoms with Crippen LogP contribution in [0.2, 0.25) is 0 Å².